The molecular weight excluding hydrogens is 326 g/mol. The Labute approximate surface area is 157 Å². The summed E-state index contributed by atoms with van der Waals surface area (Å²) in [6.07, 6.45) is 4.76. The van der Waals surface area contributed by atoms with E-state index in [1.54, 1.807) is 0 Å². The summed E-state index contributed by atoms with van der Waals surface area (Å²) in [6.45, 7) is 11.6. The number of piperidine rings is 1. The highest BCUT2D eigenvalue weighted by Gasteiger charge is 2.25. The Morgan fingerprint density at radius 2 is 2.00 bits per heavy atom. The molecule has 2 aliphatic heterocycles. The Bertz CT molecular complexity index is 612. The number of nitrogens with zero attached hydrogens (tertiary/aromatic N) is 4. The number of hydrogen-bond donors (Lipinski definition) is 1. The molecule has 0 saturated carbocycles. The predicted octanol–water partition coefficient (Wildman–Crippen LogP) is 2.34. The van der Waals surface area contributed by atoms with Crippen molar-refractivity contribution in [1.29, 1.82) is 0 Å². The van der Waals surface area contributed by atoms with Gasteiger partial charge in [0.1, 0.15) is 11.6 Å². The third-order valence-electron chi connectivity index (χ3n) is 5.27. The topological polar surface area (TPSA) is 61.4 Å². The van der Waals surface area contributed by atoms with E-state index in [-0.39, 0.29) is 5.91 Å². The Hall–Kier alpha value is -1.69. The van der Waals surface area contributed by atoms with Gasteiger partial charge in [-0.2, -0.15) is 0 Å². The summed E-state index contributed by atoms with van der Waals surface area (Å²) in [5.41, 5.74) is 1.15. The Kier molecular flexibility index (Phi) is 6.46. The maximum Gasteiger partial charge on any atom is 0.234 e. The molecule has 6 nitrogen and oxygen atoms in total. The summed E-state index contributed by atoms with van der Waals surface area (Å²) in [5, 5.41) is 3.03. The Morgan fingerprint density at radius 3 is 2.73 bits per heavy atom. The molecular formula is C20H33N5O. The fourth-order valence-corrected chi connectivity index (χ4v) is 3.91. The zero-order valence-corrected chi connectivity index (χ0v) is 16.5. The van der Waals surface area contributed by atoms with Crippen LogP contribution in [0.3, 0.4) is 0 Å². The monoisotopic (exact) mass is 359 g/mol. The molecule has 1 unspecified atom stereocenters. The quantitative estimate of drug-likeness (QED) is 0.845. The molecule has 1 amide bonds. The van der Waals surface area contributed by atoms with Gasteiger partial charge in [-0.15, -0.1) is 0 Å². The van der Waals surface area contributed by atoms with E-state index >= 15 is 0 Å². The maximum absolute atomic E-state index is 12.2. The molecule has 2 saturated heterocycles. The third kappa shape index (κ3) is 5.16. The van der Waals surface area contributed by atoms with E-state index in [1.165, 1.54) is 12.8 Å². The molecule has 3 rings (SSSR count). The molecule has 3 heterocycles. The number of carbonyl (C=O) groups excluding carboxylic acids is 1. The summed E-state index contributed by atoms with van der Waals surface area (Å²) in [6, 6.07) is 2.19. The SMILES string of the molecule is Cc1nc(C2CCCN(CC(=O)NCC(C)C)C2)cc(N2CCCC2)n1. The van der Waals surface area contributed by atoms with E-state index in [0.717, 1.165) is 62.9 Å². The standard InChI is InChI=1S/C20H33N5O/c1-15(2)12-21-20(26)14-24-8-6-7-17(13-24)18-11-19(23-16(3)22-18)25-9-4-5-10-25/h11,15,17H,4-10,12-14H2,1-3H3,(H,21,26). The largest absolute Gasteiger partial charge is 0.357 e. The number of hydrogen-bond acceptors (Lipinski definition) is 5. The van der Waals surface area contributed by atoms with Gasteiger partial charge in [-0.3, -0.25) is 9.69 Å². The smallest absolute Gasteiger partial charge is 0.234 e. The van der Waals surface area contributed by atoms with Crippen LogP contribution in [0.15, 0.2) is 6.07 Å². The zero-order chi connectivity index (χ0) is 18.5. The number of likely N-dealkylation sites (tertiary alicyclic amines) is 1. The maximum atomic E-state index is 12.2. The first-order valence-corrected chi connectivity index (χ1v) is 10.1. The molecule has 2 fully saturated rings. The molecule has 0 bridgehead atoms. The Balaban J connectivity index is 1.62. The van der Waals surface area contributed by atoms with Crippen LogP contribution >= 0.6 is 0 Å². The van der Waals surface area contributed by atoms with Crippen molar-refractivity contribution in [2.75, 3.05) is 44.2 Å². The molecule has 1 N–H and O–H groups in total. The van der Waals surface area contributed by atoms with Crippen molar-refractivity contribution in [3.8, 4) is 0 Å². The summed E-state index contributed by atoms with van der Waals surface area (Å²) < 4.78 is 0. The van der Waals surface area contributed by atoms with E-state index in [4.69, 9.17) is 4.98 Å². The van der Waals surface area contributed by atoms with Crippen molar-refractivity contribution in [1.82, 2.24) is 20.2 Å². The predicted molar refractivity (Wildman–Crippen MR) is 104 cm³/mol. The molecule has 26 heavy (non-hydrogen) atoms. The van der Waals surface area contributed by atoms with Gasteiger partial charge in [0.2, 0.25) is 5.91 Å². The van der Waals surface area contributed by atoms with Crippen LogP contribution in [0.5, 0.6) is 0 Å². The second-order valence-corrected chi connectivity index (χ2v) is 8.16. The fourth-order valence-electron chi connectivity index (χ4n) is 3.91. The van der Waals surface area contributed by atoms with Gasteiger partial charge in [0.25, 0.3) is 0 Å². The molecule has 1 atom stereocenters. The van der Waals surface area contributed by atoms with Crippen LogP contribution < -0.4 is 10.2 Å². The van der Waals surface area contributed by atoms with Gasteiger partial charge in [-0.05, 0) is 45.1 Å². The van der Waals surface area contributed by atoms with Gasteiger partial charge in [-0.1, -0.05) is 13.8 Å². The lowest BCUT2D eigenvalue weighted by Crippen LogP contribution is -2.42. The van der Waals surface area contributed by atoms with Gasteiger partial charge in [0.05, 0.1) is 12.2 Å². The molecule has 2 aliphatic rings. The average Bonchev–Trinajstić information content (AvgIpc) is 3.14. The van der Waals surface area contributed by atoms with Gasteiger partial charge < -0.3 is 10.2 Å². The lowest BCUT2D eigenvalue weighted by molar-refractivity contribution is -0.122. The highest BCUT2D eigenvalue weighted by atomic mass is 16.2. The molecule has 6 heteroatoms. The fraction of sp³-hybridized carbons (Fsp3) is 0.750. The van der Waals surface area contributed by atoms with Crippen LogP contribution in [0.1, 0.15) is 57.0 Å². The van der Waals surface area contributed by atoms with Crippen LogP contribution in [0.2, 0.25) is 0 Å². The van der Waals surface area contributed by atoms with Gasteiger partial charge in [0.15, 0.2) is 0 Å². The lowest BCUT2D eigenvalue weighted by atomic mass is 9.94. The molecule has 1 aromatic rings. The second kappa shape index (κ2) is 8.80. The van der Waals surface area contributed by atoms with Crippen molar-refractivity contribution >= 4 is 11.7 Å². The van der Waals surface area contributed by atoms with E-state index in [2.05, 4.69) is 40.0 Å². The van der Waals surface area contributed by atoms with Crippen LogP contribution in [-0.4, -0.2) is 60.0 Å². The first-order chi connectivity index (χ1) is 12.5. The van der Waals surface area contributed by atoms with Crippen molar-refractivity contribution in [3.05, 3.63) is 17.6 Å². The number of carbonyl (C=O) groups is 1. The van der Waals surface area contributed by atoms with Crippen molar-refractivity contribution in [3.63, 3.8) is 0 Å². The minimum absolute atomic E-state index is 0.135. The third-order valence-corrected chi connectivity index (χ3v) is 5.27. The second-order valence-electron chi connectivity index (χ2n) is 8.16. The van der Waals surface area contributed by atoms with E-state index in [1.807, 2.05) is 6.92 Å². The summed E-state index contributed by atoms with van der Waals surface area (Å²) in [4.78, 5) is 26.2. The highest BCUT2D eigenvalue weighted by molar-refractivity contribution is 5.78. The minimum atomic E-state index is 0.135. The van der Waals surface area contributed by atoms with Crippen LogP contribution in [-0.2, 0) is 4.79 Å². The lowest BCUT2D eigenvalue weighted by Gasteiger charge is -2.32. The molecule has 1 aromatic heterocycles. The average molecular weight is 360 g/mol. The molecule has 144 valence electrons. The minimum Gasteiger partial charge on any atom is -0.357 e. The van der Waals surface area contributed by atoms with E-state index in [9.17, 15) is 4.79 Å². The summed E-state index contributed by atoms with van der Waals surface area (Å²) >= 11 is 0. The van der Waals surface area contributed by atoms with Gasteiger partial charge in [0, 0.05) is 38.2 Å². The van der Waals surface area contributed by atoms with E-state index in [0.29, 0.717) is 18.4 Å². The van der Waals surface area contributed by atoms with Gasteiger partial charge >= 0.3 is 0 Å². The normalized spacial score (nSPS) is 21.4. The van der Waals surface area contributed by atoms with Crippen LogP contribution in [0.25, 0.3) is 0 Å². The summed E-state index contributed by atoms with van der Waals surface area (Å²) in [5.74, 6) is 2.95. The molecule has 0 spiro atoms. The number of rotatable bonds is 6. The van der Waals surface area contributed by atoms with Crippen molar-refractivity contribution < 1.29 is 4.79 Å². The molecule has 0 aliphatic carbocycles. The first kappa shape index (κ1) is 19.1. The molecule has 0 radical (unpaired) electrons. The number of amides is 1. The highest BCUT2D eigenvalue weighted by Crippen LogP contribution is 2.28. The zero-order valence-electron chi connectivity index (χ0n) is 16.5. The van der Waals surface area contributed by atoms with Gasteiger partial charge in [-0.25, -0.2) is 9.97 Å². The number of nitrogens with one attached hydrogen (secondary N) is 1. The van der Waals surface area contributed by atoms with E-state index < -0.39 is 0 Å². The number of aromatic nitrogens is 2. The summed E-state index contributed by atoms with van der Waals surface area (Å²) in [7, 11) is 0. The number of aryl methyl sites for hydroxylation is 1. The van der Waals surface area contributed by atoms with Crippen LogP contribution in [0, 0.1) is 12.8 Å². The number of anilines is 1. The van der Waals surface area contributed by atoms with Crippen molar-refractivity contribution in [2.24, 2.45) is 5.92 Å². The van der Waals surface area contributed by atoms with Crippen molar-refractivity contribution in [2.45, 2.75) is 52.4 Å². The molecule has 0 aromatic carbocycles. The first-order valence-electron chi connectivity index (χ1n) is 10.1. The Morgan fingerprint density at radius 1 is 1.23 bits per heavy atom. The van der Waals surface area contributed by atoms with Crippen LogP contribution in [0.4, 0.5) is 5.82 Å².